The zero-order valence-corrected chi connectivity index (χ0v) is 17.5. The highest BCUT2D eigenvalue weighted by Crippen LogP contribution is 2.36. The van der Waals surface area contributed by atoms with Gasteiger partial charge < -0.3 is 15.4 Å². The quantitative estimate of drug-likeness (QED) is 0.477. The normalized spacial score (nSPS) is 13.8. The number of halogens is 3. The van der Waals surface area contributed by atoms with Crippen molar-refractivity contribution in [2.45, 2.75) is 58.8 Å². The molecule has 160 valence electrons. The van der Waals surface area contributed by atoms with Crippen LogP contribution in [0.1, 0.15) is 44.2 Å². The van der Waals surface area contributed by atoms with Crippen LogP contribution in [-0.4, -0.2) is 35.3 Å². The van der Waals surface area contributed by atoms with Crippen molar-refractivity contribution < 1.29 is 27.5 Å². The van der Waals surface area contributed by atoms with E-state index in [0.29, 0.717) is 23.1 Å². The summed E-state index contributed by atoms with van der Waals surface area (Å²) in [6.45, 7) is 6.67. The first-order chi connectivity index (χ1) is 13.5. The Labute approximate surface area is 170 Å². The van der Waals surface area contributed by atoms with Gasteiger partial charge in [-0.1, -0.05) is 24.7 Å². The number of fused-ring (bicyclic) bond motifs is 1. The summed E-state index contributed by atoms with van der Waals surface area (Å²) in [5, 5.41) is 3.80. The van der Waals surface area contributed by atoms with Crippen LogP contribution in [0.25, 0.3) is 10.2 Å². The molecule has 2 rings (SSSR count). The van der Waals surface area contributed by atoms with Crippen LogP contribution < -0.4 is 10.6 Å². The molecule has 1 aromatic carbocycles. The van der Waals surface area contributed by atoms with Crippen LogP contribution in [0.15, 0.2) is 12.1 Å². The van der Waals surface area contributed by atoms with Crippen LogP contribution in [0.5, 0.6) is 0 Å². The molecule has 0 fully saturated rings. The molecule has 1 aromatic heterocycles. The van der Waals surface area contributed by atoms with Crippen molar-refractivity contribution in [1.29, 1.82) is 0 Å². The largest absolute Gasteiger partial charge is 0.463 e. The Morgan fingerprint density at radius 2 is 1.83 bits per heavy atom. The van der Waals surface area contributed by atoms with E-state index in [-0.39, 0.29) is 18.2 Å². The van der Waals surface area contributed by atoms with Crippen molar-refractivity contribution in [1.82, 2.24) is 10.3 Å². The summed E-state index contributed by atoms with van der Waals surface area (Å²) in [6.07, 6.45) is -4.30. The molecule has 0 saturated heterocycles. The lowest BCUT2D eigenvalue weighted by Gasteiger charge is -2.34. The van der Waals surface area contributed by atoms with Crippen molar-refractivity contribution >= 4 is 38.6 Å². The zero-order valence-electron chi connectivity index (χ0n) is 16.7. The third kappa shape index (κ3) is 4.98. The van der Waals surface area contributed by atoms with Crippen molar-refractivity contribution in [3.63, 3.8) is 0 Å². The molecule has 0 unspecified atom stereocenters. The molecule has 0 aliphatic carbocycles. The number of benzene rings is 1. The topological polar surface area (TPSA) is 80.3 Å². The number of aromatic nitrogens is 1. The number of aryl methyl sites for hydroxylation is 2. The van der Waals surface area contributed by atoms with E-state index in [2.05, 4.69) is 15.0 Å². The van der Waals surface area contributed by atoms with E-state index in [1.165, 1.54) is 6.92 Å². The molecular formula is C19H24F3N3O3S. The lowest BCUT2D eigenvalue weighted by Crippen LogP contribution is -2.69. The summed E-state index contributed by atoms with van der Waals surface area (Å²) in [6, 6.07) is 3.57. The zero-order chi connectivity index (χ0) is 21.8. The first-order valence-electron chi connectivity index (χ1n) is 9.25. The SMILES string of the molecule is CCCCC(=O)N[C@](Nc1nc2cc(C)c(C)cc2s1)(C(=O)OCC)C(F)(F)F. The third-order valence-electron chi connectivity index (χ3n) is 4.39. The van der Waals surface area contributed by atoms with E-state index in [1.807, 2.05) is 25.2 Å². The van der Waals surface area contributed by atoms with Gasteiger partial charge in [0.1, 0.15) is 0 Å². The highest BCUT2D eigenvalue weighted by molar-refractivity contribution is 7.22. The van der Waals surface area contributed by atoms with Gasteiger partial charge in [0.15, 0.2) is 5.13 Å². The second-order valence-electron chi connectivity index (χ2n) is 6.67. The summed E-state index contributed by atoms with van der Waals surface area (Å²) in [5.74, 6) is -2.54. The Balaban J connectivity index is 2.50. The molecule has 29 heavy (non-hydrogen) atoms. The van der Waals surface area contributed by atoms with Crippen LogP contribution in [0.4, 0.5) is 18.3 Å². The van der Waals surface area contributed by atoms with Crippen molar-refractivity contribution in [2.75, 3.05) is 11.9 Å². The number of thiazole rings is 1. The second kappa shape index (κ2) is 8.98. The predicted octanol–water partition coefficient (Wildman–Crippen LogP) is 4.45. The van der Waals surface area contributed by atoms with Gasteiger partial charge in [0.2, 0.25) is 5.91 Å². The van der Waals surface area contributed by atoms with Crippen LogP contribution >= 0.6 is 11.3 Å². The Bertz CT molecular complexity index is 859. The number of alkyl halides is 3. The highest BCUT2D eigenvalue weighted by atomic mass is 32.1. The molecule has 1 atom stereocenters. The van der Waals surface area contributed by atoms with E-state index >= 15 is 0 Å². The van der Waals surface area contributed by atoms with Gasteiger partial charge in [0.25, 0.3) is 0 Å². The number of amides is 1. The van der Waals surface area contributed by atoms with Gasteiger partial charge in [0, 0.05) is 6.42 Å². The van der Waals surface area contributed by atoms with Crippen LogP contribution in [0.3, 0.4) is 0 Å². The molecule has 0 spiro atoms. The number of hydrogen-bond acceptors (Lipinski definition) is 6. The number of unbranched alkanes of at least 4 members (excludes halogenated alkanes) is 1. The van der Waals surface area contributed by atoms with E-state index < -0.39 is 23.7 Å². The number of hydrogen-bond donors (Lipinski definition) is 2. The number of nitrogens with one attached hydrogen (secondary N) is 2. The molecule has 6 nitrogen and oxygen atoms in total. The highest BCUT2D eigenvalue weighted by Gasteiger charge is 2.64. The number of nitrogens with zero attached hydrogens (tertiary/aromatic N) is 1. The van der Waals surface area contributed by atoms with Gasteiger partial charge >= 0.3 is 17.8 Å². The first-order valence-corrected chi connectivity index (χ1v) is 10.1. The molecule has 2 N–H and O–H groups in total. The van der Waals surface area contributed by atoms with Gasteiger partial charge in [-0.25, -0.2) is 9.78 Å². The van der Waals surface area contributed by atoms with Gasteiger partial charge in [-0.05, 0) is 50.5 Å². The Morgan fingerprint density at radius 1 is 1.17 bits per heavy atom. The Hall–Kier alpha value is -2.36. The maximum Gasteiger partial charge on any atom is 0.442 e. The van der Waals surface area contributed by atoms with Gasteiger partial charge in [-0.15, -0.1) is 0 Å². The Kier molecular flexibility index (Phi) is 7.10. The Morgan fingerprint density at radius 3 is 2.41 bits per heavy atom. The fourth-order valence-electron chi connectivity index (χ4n) is 2.63. The molecule has 0 radical (unpaired) electrons. The smallest absolute Gasteiger partial charge is 0.442 e. The van der Waals surface area contributed by atoms with Crippen LogP contribution in [0, 0.1) is 13.8 Å². The van der Waals surface area contributed by atoms with E-state index in [0.717, 1.165) is 22.5 Å². The predicted molar refractivity (Wildman–Crippen MR) is 106 cm³/mol. The standard InChI is InChI=1S/C19H24F3N3O3S/c1-5-7-8-15(26)24-18(19(20,21)22,16(27)28-6-2)25-17-23-13-9-11(3)12(4)10-14(13)29-17/h9-10H,5-8H2,1-4H3,(H,23,25)(H,24,26)/t18-/m0/s1. The number of esters is 1. The second-order valence-corrected chi connectivity index (χ2v) is 7.70. The molecule has 0 saturated carbocycles. The summed E-state index contributed by atoms with van der Waals surface area (Å²) in [4.78, 5) is 28.7. The number of carbonyl (C=O) groups is 2. The third-order valence-corrected chi connectivity index (χ3v) is 5.32. The number of anilines is 1. The van der Waals surface area contributed by atoms with Gasteiger partial charge in [-0.2, -0.15) is 13.2 Å². The van der Waals surface area contributed by atoms with Crippen molar-refractivity contribution in [2.24, 2.45) is 0 Å². The molecule has 1 amide bonds. The van der Waals surface area contributed by atoms with Crippen LogP contribution in [-0.2, 0) is 14.3 Å². The average molecular weight is 431 g/mol. The maximum atomic E-state index is 14.1. The van der Waals surface area contributed by atoms with E-state index in [1.54, 1.807) is 13.0 Å². The molecule has 0 bridgehead atoms. The number of rotatable bonds is 8. The van der Waals surface area contributed by atoms with Crippen molar-refractivity contribution in [3.8, 4) is 0 Å². The van der Waals surface area contributed by atoms with Crippen molar-refractivity contribution in [3.05, 3.63) is 23.3 Å². The minimum absolute atomic E-state index is 0.145. The summed E-state index contributed by atoms with van der Waals surface area (Å²) >= 11 is 0.962. The summed E-state index contributed by atoms with van der Waals surface area (Å²) in [5.41, 5.74) is -1.02. The molecular weight excluding hydrogens is 407 g/mol. The van der Waals surface area contributed by atoms with Crippen LogP contribution in [0.2, 0.25) is 0 Å². The minimum atomic E-state index is -5.16. The molecule has 1 heterocycles. The van der Waals surface area contributed by atoms with Gasteiger partial charge in [-0.3, -0.25) is 4.79 Å². The minimum Gasteiger partial charge on any atom is -0.463 e. The average Bonchev–Trinajstić information content (AvgIpc) is 2.99. The lowest BCUT2D eigenvalue weighted by molar-refractivity contribution is -0.207. The monoisotopic (exact) mass is 431 g/mol. The summed E-state index contributed by atoms with van der Waals surface area (Å²) in [7, 11) is 0. The fraction of sp³-hybridized carbons (Fsp3) is 0.526. The number of carbonyl (C=O) groups excluding carboxylic acids is 2. The van der Waals surface area contributed by atoms with E-state index in [4.69, 9.17) is 0 Å². The molecule has 2 aromatic rings. The fourth-order valence-corrected chi connectivity index (χ4v) is 3.63. The van der Waals surface area contributed by atoms with Gasteiger partial charge in [0.05, 0.1) is 16.8 Å². The first kappa shape index (κ1) is 22.9. The molecule has 0 aliphatic heterocycles. The maximum absolute atomic E-state index is 14.1. The molecule has 0 aliphatic rings. The summed E-state index contributed by atoms with van der Waals surface area (Å²) < 4.78 is 47.6. The van der Waals surface area contributed by atoms with E-state index in [9.17, 15) is 22.8 Å². The number of ether oxygens (including phenoxy) is 1. The molecule has 10 heteroatoms. The lowest BCUT2D eigenvalue weighted by atomic mass is 10.1.